The molecule has 1 unspecified atom stereocenters. The van der Waals surface area contributed by atoms with Crippen molar-refractivity contribution in [3.8, 4) is 18.4 Å². The Morgan fingerprint density at radius 3 is 2.87 bits per heavy atom. The molecule has 0 aromatic heterocycles. The van der Waals surface area contributed by atoms with Crippen molar-refractivity contribution in [3.63, 3.8) is 0 Å². The maximum absolute atomic E-state index is 11.2. The van der Waals surface area contributed by atoms with Crippen LogP contribution in [0.15, 0.2) is 23.8 Å². The zero-order chi connectivity index (χ0) is 11.3. The highest BCUT2D eigenvalue weighted by molar-refractivity contribution is 6.08. The minimum atomic E-state index is -0.693. The van der Waals surface area contributed by atoms with Gasteiger partial charge in [0.1, 0.15) is 6.07 Å². The third kappa shape index (κ3) is 2.34. The standard InChI is InChI=1S/C12H11NO2/c1-2-12(5-3-7-14)6-4-11(15)10(8-12)9-13/h1,4,6,8,14H,3,5,7H2. The second kappa shape index (κ2) is 4.59. The van der Waals surface area contributed by atoms with Crippen LogP contribution in [0.4, 0.5) is 0 Å². The molecule has 1 aliphatic rings. The number of nitrogens with zero attached hydrogens (tertiary/aromatic N) is 1. The first-order chi connectivity index (χ1) is 7.17. The Morgan fingerprint density at radius 2 is 2.33 bits per heavy atom. The minimum absolute atomic E-state index is 0.0426. The second-order valence-corrected chi connectivity index (χ2v) is 3.38. The predicted molar refractivity (Wildman–Crippen MR) is 55.4 cm³/mol. The highest BCUT2D eigenvalue weighted by atomic mass is 16.2. The summed E-state index contributed by atoms with van der Waals surface area (Å²) in [4.78, 5) is 11.2. The molecule has 1 aliphatic carbocycles. The molecule has 0 saturated heterocycles. The maximum atomic E-state index is 11.2. The van der Waals surface area contributed by atoms with Crippen molar-refractivity contribution in [2.75, 3.05) is 6.61 Å². The van der Waals surface area contributed by atoms with Gasteiger partial charge in [-0.2, -0.15) is 5.26 Å². The molecule has 0 heterocycles. The lowest BCUT2D eigenvalue weighted by molar-refractivity contribution is -0.111. The Hall–Kier alpha value is -1.84. The Morgan fingerprint density at radius 1 is 1.60 bits per heavy atom. The lowest BCUT2D eigenvalue weighted by Gasteiger charge is -2.23. The highest BCUT2D eigenvalue weighted by Crippen LogP contribution is 2.31. The number of terminal acetylenes is 1. The van der Waals surface area contributed by atoms with Gasteiger partial charge in [-0.25, -0.2) is 0 Å². The van der Waals surface area contributed by atoms with E-state index in [1.54, 1.807) is 6.08 Å². The normalized spacial score (nSPS) is 24.2. The number of carbonyl (C=O) groups is 1. The van der Waals surface area contributed by atoms with E-state index in [1.165, 1.54) is 12.2 Å². The molecule has 1 rings (SSSR count). The molecule has 3 nitrogen and oxygen atoms in total. The molecule has 76 valence electrons. The number of allylic oxidation sites excluding steroid dienone is 4. The Bertz CT molecular complexity index is 406. The van der Waals surface area contributed by atoms with Crippen LogP contribution in [0.1, 0.15) is 12.8 Å². The maximum Gasteiger partial charge on any atom is 0.195 e. The van der Waals surface area contributed by atoms with E-state index in [9.17, 15) is 4.79 Å². The molecular weight excluding hydrogens is 190 g/mol. The summed E-state index contributed by atoms with van der Waals surface area (Å²) in [5.41, 5.74) is -0.616. The molecule has 0 fully saturated rings. The van der Waals surface area contributed by atoms with Crippen LogP contribution < -0.4 is 0 Å². The molecule has 1 atom stereocenters. The van der Waals surface area contributed by atoms with Gasteiger partial charge in [-0.05, 0) is 25.0 Å². The number of carbonyl (C=O) groups excluding carboxylic acids is 1. The van der Waals surface area contributed by atoms with Gasteiger partial charge in [0.2, 0.25) is 0 Å². The summed E-state index contributed by atoms with van der Waals surface area (Å²) in [5, 5.41) is 17.5. The van der Waals surface area contributed by atoms with Crippen LogP contribution in [0.3, 0.4) is 0 Å². The van der Waals surface area contributed by atoms with Crippen LogP contribution in [0, 0.1) is 29.1 Å². The van der Waals surface area contributed by atoms with Crippen LogP contribution in [0.5, 0.6) is 0 Å². The van der Waals surface area contributed by atoms with Gasteiger partial charge < -0.3 is 5.11 Å². The van der Waals surface area contributed by atoms with E-state index in [-0.39, 0.29) is 18.0 Å². The minimum Gasteiger partial charge on any atom is -0.396 e. The molecule has 0 aliphatic heterocycles. The average molecular weight is 201 g/mol. The third-order valence-electron chi connectivity index (χ3n) is 2.34. The number of ketones is 1. The van der Waals surface area contributed by atoms with Crippen LogP contribution in [-0.4, -0.2) is 17.5 Å². The summed E-state index contributed by atoms with van der Waals surface area (Å²) in [6.07, 6.45) is 10.9. The summed E-state index contributed by atoms with van der Waals surface area (Å²) in [6.45, 7) is 0.0426. The first-order valence-corrected chi connectivity index (χ1v) is 4.62. The topological polar surface area (TPSA) is 61.1 Å². The Kier molecular flexibility index (Phi) is 3.44. The molecule has 0 amide bonds. The van der Waals surface area contributed by atoms with Crippen molar-refractivity contribution in [1.82, 2.24) is 0 Å². The van der Waals surface area contributed by atoms with E-state index < -0.39 is 5.41 Å². The lowest BCUT2D eigenvalue weighted by atomic mass is 9.78. The number of hydrogen-bond acceptors (Lipinski definition) is 3. The number of aliphatic hydroxyl groups excluding tert-OH is 1. The van der Waals surface area contributed by atoms with Gasteiger partial charge in [0.15, 0.2) is 5.78 Å². The summed E-state index contributed by atoms with van der Waals surface area (Å²) in [5.74, 6) is 2.25. The van der Waals surface area contributed by atoms with Gasteiger partial charge in [0.25, 0.3) is 0 Å². The van der Waals surface area contributed by atoms with Crippen LogP contribution >= 0.6 is 0 Å². The van der Waals surface area contributed by atoms with Crippen LogP contribution in [0.2, 0.25) is 0 Å². The van der Waals surface area contributed by atoms with E-state index in [0.717, 1.165) is 0 Å². The van der Waals surface area contributed by atoms with Crippen molar-refractivity contribution >= 4 is 5.78 Å². The number of aliphatic hydroxyl groups is 1. The van der Waals surface area contributed by atoms with Gasteiger partial charge in [0.05, 0.1) is 11.0 Å². The van der Waals surface area contributed by atoms with E-state index >= 15 is 0 Å². The zero-order valence-corrected chi connectivity index (χ0v) is 8.23. The van der Waals surface area contributed by atoms with Crippen molar-refractivity contribution < 1.29 is 9.90 Å². The molecule has 0 spiro atoms. The molecule has 0 aromatic carbocycles. The highest BCUT2D eigenvalue weighted by Gasteiger charge is 2.27. The van der Waals surface area contributed by atoms with Crippen LogP contribution in [-0.2, 0) is 4.79 Å². The lowest BCUT2D eigenvalue weighted by Crippen LogP contribution is -2.19. The monoisotopic (exact) mass is 201 g/mol. The summed E-state index contributed by atoms with van der Waals surface area (Å²) in [7, 11) is 0. The van der Waals surface area contributed by atoms with Crippen LogP contribution in [0.25, 0.3) is 0 Å². The first kappa shape index (κ1) is 11.2. The molecule has 0 radical (unpaired) electrons. The van der Waals surface area contributed by atoms with Crippen molar-refractivity contribution in [2.24, 2.45) is 5.41 Å². The molecule has 0 aromatic rings. The number of hydrogen-bond donors (Lipinski definition) is 1. The van der Waals surface area contributed by atoms with E-state index in [4.69, 9.17) is 16.8 Å². The Labute approximate surface area is 88.7 Å². The van der Waals surface area contributed by atoms with E-state index in [1.807, 2.05) is 6.07 Å². The summed E-state index contributed by atoms with van der Waals surface area (Å²) >= 11 is 0. The molecule has 0 bridgehead atoms. The predicted octanol–water partition coefficient (Wildman–Crippen LogP) is 0.967. The smallest absolute Gasteiger partial charge is 0.195 e. The van der Waals surface area contributed by atoms with Crippen molar-refractivity contribution in [1.29, 1.82) is 5.26 Å². The van der Waals surface area contributed by atoms with Gasteiger partial charge in [0, 0.05) is 6.61 Å². The van der Waals surface area contributed by atoms with Crippen molar-refractivity contribution in [3.05, 3.63) is 23.8 Å². The number of nitriles is 1. The van der Waals surface area contributed by atoms with E-state index in [2.05, 4.69) is 5.92 Å². The zero-order valence-electron chi connectivity index (χ0n) is 8.23. The van der Waals surface area contributed by atoms with Gasteiger partial charge in [-0.1, -0.05) is 12.0 Å². The summed E-state index contributed by atoms with van der Waals surface area (Å²) < 4.78 is 0. The number of rotatable bonds is 3. The van der Waals surface area contributed by atoms with Gasteiger partial charge in [-0.3, -0.25) is 4.79 Å². The van der Waals surface area contributed by atoms with Crippen molar-refractivity contribution in [2.45, 2.75) is 12.8 Å². The molecular formula is C12H11NO2. The fourth-order valence-corrected chi connectivity index (χ4v) is 1.47. The molecule has 3 heteroatoms. The Balaban J connectivity index is 2.99. The fraction of sp³-hybridized carbons (Fsp3) is 0.333. The molecule has 15 heavy (non-hydrogen) atoms. The average Bonchev–Trinajstić information content (AvgIpc) is 2.28. The van der Waals surface area contributed by atoms with Gasteiger partial charge >= 0.3 is 0 Å². The van der Waals surface area contributed by atoms with E-state index in [0.29, 0.717) is 12.8 Å². The first-order valence-electron chi connectivity index (χ1n) is 4.62. The molecule has 1 N–H and O–H groups in total. The SMILES string of the molecule is C#CC1(CCCO)C=CC(=O)C(C#N)=C1. The van der Waals surface area contributed by atoms with Gasteiger partial charge in [-0.15, -0.1) is 6.42 Å². The second-order valence-electron chi connectivity index (χ2n) is 3.38. The third-order valence-corrected chi connectivity index (χ3v) is 2.34. The fourth-order valence-electron chi connectivity index (χ4n) is 1.47. The quantitative estimate of drug-likeness (QED) is 0.692. The summed E-state index contributed by atoms with van der Waals surface area (Å²) in [6, 6.07) is 1.82. The molecule has 0 saturated carbocycles. The largest absolute Gasteiger partial charge is 0.396 e.